The van der Waals surface area contributed by atoms with Crippen LogP contribution in [0.5, 0.6) is 0 Å². The second-order valence-corrected chi connectivity index (χ2v) is 7.76. The lowest BCUT2D eigenvalue weighted by molar-refractivity contribution is -0.142. The normalized spacial score (nSPS) is 23.9. The third-order valence-electron chi connectivity index (χ3n) is 5.89. The molecule has 6 nitrogen and oxygen atoms in total. The Kier molecular flexibility index (Phi) is 6.83. The fraction of sp³-hybridized carbons (Fsp3) is 0.667. The molecule has 1 aliphatic heterocycles. The Morgan fingerprint density at radius 2 is 1.85 bits per heavy atom. The van der Waals surface area contributed by atoms with Gasteiger partial charge in [-0.05, 0) is 63.0 Å². The Labute approximate surface area is 161 Å². The highest BCUT2D eigenvalue weighted by atomic mass is 16.5. The van der Waals surface area contributed by atoms with Crippen molar-refractivity contribution >= 4 is 18.1 Å². The van der Waals surface area contributed by atoms with Crippen LogP contribution in [0.4, 0.5) is 5.82 Å². The van der Waals surface area contributed by atoms with Gasteiger partial charge in [-0.2, -0.15) is 0 Å². The molecule has 2 fully saturated rings. The highest BCUT2D eigenvalue weighted by Gasteiger charge is 2.28. The predicted molar refractivity (Wildman–Crippen MR) is 103 cm³/mol. The number of esters is 1. The third kappa shape index (κ3) is 5.28. The highest BCUT2D eigenvalue weighted by molar-refractivity contribution is 5.77. The Bertz CT molecular complexity index is 648. The first-order valence-electron chi connectivity index (χ1n) is 9.98. The average molecular weight is 374 g/mol. The molecule has 1 saturated heterocycles. The fourth-order valence-corrected chi connectivity index (χ4v) is 4.13. The average Bonchev–Trinajstić information content (AvgIpc) is 2.70. The van der Waals surface area contributed by atoms with Crippen molar-refractivity contribution in [2.45, 2.75) is 64.1 Å². The Balaban J connectivity index is 1.42. The van der Waals surface area contributed by atoms with Crippen molar-refractivity contribution in [1.29, 1.82) is 0 Å². The topological polar surface area (TPSA) is 68.7 Å². The first kappa shape index (κ1) is 19.8. The number of aromatic nitrogens is 1. The van der Waals surface area contributed by atoms with Crippen LogP contribution in [0, 0.1) is 12.8 Å². The number of carbonyl (C=O) groups is 2. The number of aryl methyl sites for hydroxylation is 1. The SMILES string of the molecule is COC(=O)C[C@H]1CC[C@H](OC2CCN(c3cc(C)c(C=O)cn3)CC2)CC1. The summed E-state index contributed by atoms with van der Waals surface area (Å²) in [5, 5.41) is 0. The van der Waals surface area contributed by atoms with Crippen LogP contribution in [0.2, 0.25) is 0 Å². The zero-order valence-corrected chi connectivity index (χ0v) is 16.4. The van der Waals surface area contributed by atoms with Gasteiger partial charge in [0.2, 0.25) is 0 Å². The van der Waals surface area contributed by atoms with Gasteiger partial charge in [0.05, 0.1) is 19.3 Å². The second kappa shape index (κ2) is 9.31. The number of ether oxygens (including phenoxy) is 2. The van der Waals surface area contributed by atoms with E-state index in [1.165, 1.54) is 7.11 Å². The summed E-state index contributed by atoms with van der Waals surface area (Å²) < 4.78 is 11.1. The van der Waals surface area contributed by atoms with Crippen LogP contribution in [0.25, 0.3) is 0 Å². The fourth-order valence-electron chi connectivity index (χ4n) is 4.13. The van der Waals surface area contributed by atoms with E-state index in [0.717, 1.165) is 69.3 Å². The number of piperidine rings is 1. The van der Waals surface area contributed by atoms with Crippen LogP contribution < -0.4 is 4.90 Å². The van der Waals surface area contributed by atoms with Crippen molar-refractivity contribution in [2.75, 3.05) is 25.1 Å². The quantitative estimate of drug-likeness (QED) is 0.562. The number of hydrogen-bond donors (Lipinski definition) is 0. The van der Waals surface area contributed by atoms with Crippen molar-refractivity contribution in [3.05, 3.63) is 23.4 Å². The predicted octanol–water partition coefficient (Wildman–Crippen LogP) is 3.31. The van der Waals surface area contributed by atoms with E-state index in [-0.39, 0.29) is 5.97 Å². The summed E-state index contributed by atoms with van der Waals surface area (Å²) >= 11 is 0. The number of aldehydes is 1. The number of hydrogen-bond acceptors (Lipinski definition) is 6. The molecular weight excluding hydrogens is 344 g/mol. The van der Waals surface area contributed by atoms with E-state index in [1.807, 2.05) is 13.0 Å². The van der Waals surface area contributed by atoms with Crippen molar-refractivity contribution in [1.82, 2.24) is 4.98 Å². The van der Waals surface area contributed by atoms with Crippen molar-refractivity contribution in [2.24, 2.45) is 5.92 Å². The monoisotopic (exact) mass is 374 g/mol. The Hall–Kier alpha value is -1.95. The van der Waals surface area contributed by atoms with Crippen molar-refractivity contribution in [3.8, 4) is 0 Å². The number of nitrogens with zero attached hydrogens (tertiary/aromatic N) is 2. The van der Waals surface area contributed by atoms with Gasteiger partial charge in [-0.25, -0.2) is 4.98 Å². The van der Waals surface area contributed by atoms with E-state index in [9.17, 15) is 9.59 Å². The van der Waals surface area contributed by atoms with Crippen molar-refractivity contribution in [3.63, 3.8) is 0 Å². The lowest BCUT2D eigenvalue weighted by Gasteiger charge is -2.36. The minimum Gasteiger partial charge on any atom is -0.469 e. The molecule has 1 aromatic rings. The van der Waals surface area contributed by atoms with Crippen LogP contribution >= 0.6 is 0 Å². The highest BCUT2D eigenvalue weighted by Crippen LogP contribution is 2.31. The van der Waals surface area contributed by atoms with Crippen LogP contribution in [0.1, 0.15) is 60.9 Å². The summed E-state index contributed by atoms with van der Waals surface area (Å²) in [5.41, 5.74) is 1.62. The molecule has 0 aromatic carbocycles. The molecule has 27 heavy (non-hydrogen) atoms. The van der Waals surface area contributed by atoms with E-state index in [0.29, 0.717) is 30.1 Å². The van der Waals surface area contributed by atoms with Gasteiger partial charge in [0.25, 0.3) is 0 Å². The number of anilines is 1. The van der Waals surface area contributed by atoms with E-state index < -0.39 is 0 Å². The molecule has 1 saturated carbocycles. The number of rotatable bonds is 6. The molecule has 0 unspecified atom stereocenters. The van der Waals surface area contributed by atoms with Gasteiger partial charge in [-0.3, -0.25) is 9.59 Å². The standard InChI is InChI=1S/C21H30N2O4/c1-15-11-20(22-13-17(15)14-24)23-9-7-19(8-10-23)27-18-5-3-16(4-6-18)12-21(25)26-2/h11,13-14,16,18-19H,3-10,12H2,1-2H3/t16-,18-. The van der Waals surface area contributed by atoms with Crippen LogP contribution in [0.15, 0.2) is 12.3 Å². The minimum atomic E-state index is -0.100. The van der Waals surface area contributed by atoms with Crippen LogP contribution in [0.3, 0.4) is 0 Å². The molecule has 148 valence electrons. The van der Waals surface area contributed by atoms with Crippen LogP contribution in [-0.2, 0) is 14.3 Å². The van der Waals surface area contributed by atoms with Gasteiger partial charge in [0.1, 0.15) is 5.82 Å². The molecule has 2 heterocycles. The van der Waals surface area contributed by atoms with Gasteiger partial charge >= 0.3 is 5.97 Å². The molecular formula is C21H30N2O4. The molecule has 2 aliphatic rings. The Morgan fingerprint density at radius 3 is 2.44 bits per heavy atom. The largest absolute Gasteiger partial charge is 0.469 e. The number of methoxy groups -OCH3 is 1. The van der Waals surface area contributed by atoms with Crippen LogP contribution in [-0.4, -0.2) is 49.6 Å². The van der Waals surface area contributed by atoms with Gasteiger partial charge in [-0.15, -0.1) is 0 Å². The summed E-state index contributed by atoms with van der Waals surface area (Å²) in [6.07, 6.45) is 9.84. The Morgan fingerprint density at radius 1 is 1.19 bits per heavy atom. The summed E-state index contributed by atoms with van der Waals surface area (Å²) in [7, 11) is 1.46. The van der Waals surface area contributed by atoms with Gasteiger partial charge < -0.3 is 14.4 Å². The van der Waals surface area contributed by atoms with E-state index >= 15 is 0 Å². The molecule has 1 aromatic heterocycles. The first-order valence-corrected chi connectivity index (χ1v) is 9.98. The van der Waals surface area contributed by atoms with Gasteiger partial charge in [0.15, 0.2) is 6.29 Å². The lowest BCUT2D eigenvalue weighted by Crippen LogP contribution is -2.39. The van der Waals surface area contributed by atoms with Crippen molar-refractivity contribution < 1.29 is 19.1 Å². The molecule has 0 atom stereocenters. The molecule has 6 heteroatoms. The van der Waals surface area contributed by atoms with E-state index in [1.54, 1.807) is 6.20 Å². The summed E-state index contributed by atoms with van der Waals surface area (Å²) in [4.78, 5) is 29.0. The molecule has 3 rings (SSSR count). The third-order valence-corrected chi connectivity index (χ3v) is 5.89. The molecule has 0 radical (unpaired) electrons. The minimum absolute atomic E-state index is 0.100. The summed E-state index contributed by atoms with van der Waals surface area (Å²) in [5.74, 6) is 1.29. The molecule has 0 amide bonds. The maximum absolute atomic E-state index is 11.4. The maximum Gasteiger partial charge on any atom is 0.305 e. The first-order chi connectivity index (χ1) is 13.1. The summed E-state index contributed by atoms with van der Waals surface area (Å²) in [6, 6.07) is 1.99. The molecule has 0 bridgehead atoms. The number of carbonyl (C=O) groups excluding carboxylic acids is 2. The lowest BCUT2D eigenvalue weighted by atomic mass is 9.85. The molecule has 0 N–H and O–H groups in total. The number of pyridine rings is 1. The van der Waals surface area contributed by atoms with Gasteiger partial charge in [0, 0.05) is 31.3 Å². The molecule has 0 spiro atoms. The maximum atomic E-state index is 11.4. The smallest absolute Gasteiger partial charge is 0.305 e. The zero-order chi connectivity index (χ0) is 19.2. The zero-order valence-electron chi connectivity index (χ0n) is 16.4. The molecule has 1 aliphatic carbocycles. The van der Waals surface area contributed by atoms with Gasteiger partial charge in [-0.1, -0.05) is 0 Å². The summed E-state index contributed by atoms with van der Waals surface area (Å²) in [6.45, 7) is 3.80. The second-order valence-electron chi connectivity index (χ2n) is 7.76. The van der Waals surface area contributed by atoms with E-state index in [4.69, 9.17) is 9.47 Å². The van der Waals surface area contributed by atoms with E-state index in [2.05, 4.69) is 9.88 Å².